The Balaban J connectivity index is 1.18. The quantitative estimate of drug-likeness (QED) is 0.283. The molecule has 4 aromatic rings. The maximum Gasteiger partial charge on any atom is 0.253 e. The van der Waals surface area contributed by atoms with Crippen molar-refractivity contribution in [2.24, 2.45) is 0 Å². The van der Waals surface area contributed by atoms with E-state index in [1.165, 1.54) is 11.0 Å². The fraction of sp³-hybridized carbons (Fsp3) is 0.387. The lowest BCUT2D eigenvalue weighted by atomic mass is 9.93. The van der Waals surface area contributed by atoms with Crippen molar-refractivity contribution >= 4 is 16.9 Å². The van der Waals surface area contributed by atoms with Crippen LogP contribution in [0.15, 0.2) is 60.7 Å². The van der Waals surface area contributed by atoms with Gasteiger partial charge < -0.3 is 18.9 Å². The number of fused-ring (bicyclic) bond motifs is 1. The Kier molecular flexibility index (Phi) is 8.72. The van der Waals surface area contributed by atoms with Crippen LogP contribution in [0.1, 0.15) is 46.2 Å². The molecule has 0 saturated carbocycles. The van der Waals surface area contributed by atoms with Crippen LogP contribution in [0.25, 0.3) is 11.0 Å². The summed E-state index contributed by atoms with van der Waals surface area (Å²) in [7, 11) is 5.01. The van der Waals surface area contributed by atoms with E-state index in [1.54, 1.807) is 39.4 Å². The molecule has 1 aliphatic rings. The lowest BCUT2D eigenvalue weighted by molar-refractivity contribution is 0.0827. The molecule has 5 rings (SSSR count). The summed E-state index contributed by atoms with van der Waals surface area (Å²) in [6, 6.07) is 18.5. The van der Waals surface area contributed by atoms with Crippen molar-refractivity contribution in [3.8, 4) is 5.88 Å². The Morgan fingerprint density at radius 2 is 1.85 bits per heavy atom. The number of imidazole rings is 1. The molecule has 1 fully saturated rings. The molecular formula is C31H36FN5O3. The Morgan fingerprint density at radius 3 is 2.60 bits per heavy atom. The number of likely N-dealkylation sites (tertiary alicyclic amines) is 1. The van der Waals surface area contributed by atoms with Gasteiger partial charge in [0.15, 0.2) is 0 Å². The fourth-order valence-corrected chi connectivity index (χ4v) is 5.21. The van der Waals surface area contributed by atoms with Crippen LogP contribution in [0.4, 0.5) is 4.39 Å². The van der Waals surface area contributed by atoms with Crippen molar-refractivity contribution in [3.05, 3.63) is 89.1 Å². The van der Waals surface area contributed by atoms with Crippen molar-refractivity contribution < 1.29 is 18.7 Å². The molecule has 8 nitrogen and oxygen atoms in total. The van der Waals surface area contributed by atoms with Gasteiger partial charge in [-0.25, -0.2) is 14.4 Å². The monoisotopic (exact) mass is 545 g/mol. The third kappa shape index (κ3) is 6.32. The van der Waals surface area contributed by atoms with E-state index in [2.05, 4.69) is 21.6 Å². The Labute approximate surface area is 234 Å². The number of aromatic nitrogens is 3. The molecule has 210 valence electrons. The van der Waals surface area contributed by atoms with Crippen molar-refractivity contribution in [1.29, 1.82) is 0 Å². The first kappa shape index (κ1) is 27.7. The minimum absolute atomic E-state index is 0.0429. The van der Waals surface area contributed by atoms with Crippen LogP contribution in [0.3, 0.4) is 0 Å². The number of benzene rings is 2. The molecule has 2 aromatic heterocycles. The van der Waals surface area contributed by atoms with Crippen molar-refractivity contribution in [3.63, 3.8) is 0 Å². The number of piperidine rings is 1. The van der Waals surface area contributed by atoms with E-state index in [1.807, 2.05) is 24.3 Å². The number of rotatable bonds is 10. The lowest BCUT2D eigenvalue weighted by Crippen LogP contribution is -2.33. The molecule has 0 aliphatic carbocycles. The van der Waals surface area contributed by atoms with Gasteiger partial charge in [0.05, 0.1) is 24.2 Å². The summed E-state index contributed by atoms with van der Waals surface area (Å²) in [6.07, 6.45) is 1.98. The number of nitrogens with zero attached hydrogens (tertiary/aromatic N) is 5. The van der Waals surface area contributed by atoms with Crippen LogP contribution in [-0.4, -0.2) is 71.1 Å². The largest absolute Gasteiger partial charge is 0.473 e. The van der Waals surface area contributed by atoms with Crippen molar-refractivity contribution in [2.45, 2.75) is 38.5 Å². The van der Waals surface area contributed by atoms with Crippen LogP contribution in [-0.2, 0) is 24.4 Å². The van der Waals surface area contributed by atoms with Gasteiger partial charge in [-0.1, -0.05) is 24.3 Å². The van der Waals surface area contributed by atoms with E-state index in [9.17, 15) is 9.18 Å². The normalized spacial score (nSPS) is 14.5. The number of halogens is 1. The Morgan fingerprint density at radius 1 is 1.05 bits per heavy atom. The van der Waals surface area contributed by atoms with Gasteiger partial charge in [-0.05, 0) is 56.3 Å². The van der Waals surface area contributed by atoms with E-state index in [4.69, 9.17) is 19.4 Å². The first-order valence-electron chi connectivity index (χ1n) is 13.7. The molecule has 0 bridgehead atoms. The maximum absolute atomic E-state index is 14.6. The van der Waals surface area contributed by atoms with Gasteiger partial charge >= 0.3 is 0 Å². The van der Waals surface area contributed by atoms with Crippen LogP contribution in [0, 0.1) is 5.82 Å². The number of hydrogen-bond donors (Lipinski definition) is 0. The third-order valence-electron chi connectivity index (χ3n) is 7.45. The molecule has 40 heavy (non-hydrogen) atoms. The molecule has 0 radical (unpaired) electrons. The highest BCUT2D eigenvalue weighted by molar-refractivity contribution is 5.93. The predicted molar refractivity (Wildman–Crippen MR) is 152 cm³/mol. The summed E-state index contributed by atoms with van der Waals surface area (Å²) < 4.78 is 28.1. The van der Waals surface area contributed by atoms with E-state index in [-0.39, 0.29) is 12.5 Å². The smallest absolute Gasteiger partial charge is 0.253 e. The first-order chi connectivity index (χ1) is 19.4. The van der Waals surface area contributed by atoms with Gasteiger partial charge in [-0.3, -0.25) is 9.69 Å². The second-order valence-corrected chi connectivity index (χ2v) is 10.4. The average molecular weight is 546 g/mol. The first-order valence-corrected chi connectivity index (χ1v) is 13.7. The zero-order chi connectivity index (χ0) is 28.1. The van der Waals surface area contributed by atoms with Gasteiger partial charge in [0.1, 0.15) is 18.2 Å². The number of amides is 1. The Hall–Kier alpha value is -3.82. The van der Waals surface area contributed by atoms with Crippen LogP contribution in [0.2, 0.25) is 0 Å². The topological polar surface area (TPSA) is 72.7 Å². The summed E-state index contributed by atoms with van der Waals surface area (Å²) in [5, 5.41) is 0. The maximum atomic E-state index is 14.6. The number of para-hydroxylation sites is 2. The summed E-state index contributed by atoms with van der Waals surface area (Å²) in [6.45, 7) is 4.17. The lowest BCUT2D eigenvalue weighted by Gasteiger charge is -2.31. The molecule has 3 heterocycles. The molecule has 0 N–H and O–H groups in total. The fourth-order valence-electron chi connectivity index (χ4n) is 5.21. The number of pyridine rings is 1. The molecule has 1 saturated heterocycles. The molecule has 0 spiro atoms. The van der Waals surface area contributed by atoms with Gasteiger partial charge in [-0.15, -0.1) is 0 Å². The van der Waals surface area contributed by atoms with Crippen LogP contribution >= 0.6 is 0 Å². The van der Waals surface area contributed by atoms with Gasteiger partial charge in [-0.2, -0.15) is 0 Å². The molecule has 1 aliphatic heterocycles. The van der Waals surface area contributed by atoms with E-state index in [0.29, 0.717) is 29.5 Å². The highest BCUT2D eigenvalue weighted by Crippen LogP contribution is 2.29. The number of ether oxygens (including phenoxy) is 2. The molecule has 9 heteroatoms. The van der Waals surface area contributed by atoms with Gasteiger partial charge in [0.2, 0.25) is 5.88 Å². The SMILES string of the molecule is COCCn1c(CN2CCC(c3cccc(OCc4ccc(C(=O)N(C)C)cc4F)n3)CC2)nc2ccccc21. The summed E-state index contributed by atoms with van der Waals surface area (Å²) >= 11 is 0. The van der Waals surface area contributed by atoms with E-state index < -0.39 is 5.82 Å². The van der Waals surface area contributed by atoms with Crippen LogP contribution in [0.5, 0.6) is 5.88 Å². The number of carbonyl (C=O) groups excluding carboxylic acids is 1. The number of hydrogen-bond acceptors (Lipinski definition) is 6. The molecule has 1 amide bonds. The molecule has 2 aromatic carbocycles. The highest BCUT2D eigenvalue weighted by atomic mass is 19.1. The van der Waals surface area contributed by atoms with Crippen LogP contribution < -0.4 is 4.74 Å². The second-order valence-electron chi connectivity index (χ2n) is 10.4. The highest BCUT2D eigenvalue weighted by Gasteiger charge is 2.24. The zero-order valence-electron chi connectivity index (χ0n) is 23.3. The van der Waals surface area contributed by atoms with E-state index >= 15 is 0 Å². The summed E-state index contributed by atoms with van der Waals surface area (Å²) in [5.74, 6) is 1.17. The Bertz CT molecular complexity index is 1460. The zero-order valence-corrected chi connectivity index (χ0v) is 23.3. The summed E-state index contributed by atoms with van der Waals surface area (Å²) in [4.78, 5) is 25.6. The minimum Gasteiger partial charge on any atom is -0.473 e. The predicted octanol–water partition coefficient (Wildman–Crippen LogP) is 4.88. The standard InChI is InChI=1S/C31H36FN5O3/c1-35(2)31(38)23-11-12-24(25(32)19-23)21-40-30-10-6-8-26(34-30)22-13-15-36(16-14-22)20-29-33-27-7-4-5-9-28(27)37(29)17-18-39-3/h4-12,19,22H,13-18,20-21H2,1-3H3. The van der Waals surface area contributed by atoms with Crippen molar-refractivity contribution in [1.82, 2.24) is 24.3 Å². The van der Waals surface area contributed by atoms with Crippen molar-refractivity contribution in [2.75, 3.05) is 40.9 Å². The minimum atomic E-state index is -0.466. The second kappa shape index (κ2) is 12.6. The molecular weight excluding hydrogens is 509 g/mol. The van der Waals surface area contributed by atoms with Gasteiger partial charge in [0, 0.05) is 56.6 Å². The summed E-state index contributed by atoms with van der Waals surface area (Å²) in [5.41, 5.74) is 3.85. The van der Waals surface area contributed by atoms with E-state index in [0.717, 1.165) is 61.6 Å². The molecule has 0 unspecified atom stereocenters. The number of carbonyl (C=O) groups is 1. The van der Waals surface area contributed by atoms with Gasteiger partial charge in [0.25, 0.3) is 5.91 Å². The third-order valence-corrected chi connectivity index (χ3v) is 7.45. The average Bonchev–Trinajstić information content (AvgIpc) is 3.32. The number of methoxy groups -OCH3 is 1. The molecule has 0 atom stereocenters.